The largest absolute Gasteiger partial charge is 0.463 e. The molecule has 0 saturated carbocycles. The Morgan fingerprint density at radius 2 is 2.04 bits per heavy atom. The Bertz CT molecular complexity index is 659. The highest BCUT2D eigenvalue weighted by molar-refractivity contribution is 6.42. The second-order valence-electron chi connectivity index (χ2n) is 5.04. The summed E-state index contributed by atoms with van der Waals surface area (Å²) in [4.78, 5) is 24.4. The molecule has 1 atom stereocenters. The van der Waals surface area contributed by atoms with Crippen LogP contribution >= 0.6 is 23.2 Å². The summed E-state index contributed by atoms with van der Waals surface area (Å²) in [5.74, 6) is -0.482. The molecule has 0 aromatic heterocycles. The fourth-order valence-electron chi connectivity index (χ4n) is 2.49. The summed E-state index contributed by atoms with van der Waals surface area (Å²) in [5, 5.41) is 6.08. The lowest BCUT2D eigenvalue weighted by molar-refractivity contribution is -0.139. The molecule has 1 unspecified atom stereocenters. The summed E-state index contributed by atoms with van der Waals surface area (Å²) in [6, 6.07) is 4.02. The fraction of sp³-hybridized carbons (Fsp3) is 0.375. The van der Waals surface area contributed by atoms with Gasteiger partial charge in [-0.1, -0.05) is 48.7 Å². The van der Waals surface area contributed by atoms with Crippen molar-refractivity contribution < 1.29 is 14.3 Å². The predicted molar refractivity (Wildman–Crippen MR) is 89.4 cm³/mol. The van der Waals surface area contributed by atoms with Gasteiger partial charge < -0.3 is 15.4 Å². The van der Waals surface area contributed by atoms with E-state index >= 15 is 0 Å². The number of nitrogens with one attached hydrogen (secondary N) is 2. The Morgan fingerprint density at radius 3 is 2.70 bits per heavy atom. The first kappa shape index (κ1) is 17.6. The lowest BCUT2D eigenvalue weighted by Crippen LogP contribution is -2.46. The highest BCUT2D eigenvalue weighted by Gasteiger charge is 2.34. The topological polar surface area (TPSA) is 67.4 Å². The van der Waals surface area contributed by atoms with Crippen LogP contribution in [0.2, 0.25) is 10.0 Å². The number of amides is 2. The number of hydrogen-bond acceptors (Lipinski definition) is 3. The quantitative estimate of drug-likeness (QED) is 0.784. The molecule has 0 bridgehead atoms. The third-order valence-electron chi connectivity index (χ3n) is 3.44. The number of esters is 1. The van der Waals surface area contributed by atoms with Crippen LogP contribution in [0.4, 0.5) is 4.79 Å². The molecule has 0 saturated heterocycles. The van der Waals surface area contributed by atoms with Crippen molar-refractivity contribution in [2.24, 2.45) is 0 Å². The number of halogens is 2. The number of allylic oxidation sites excluding steroid dienone is 1. The zero-order chi connectivity index (χ0) is 17.0. The van der Waals surface area contributed by atoms with E-state index in [4.69, 9.17) is 27.9 Å². The Kier molecular flexibility index (Phi) is 5.91. The van der Waals surface area contributed by atoms with Crippen molar-refractivity contribution in [3.63, 3.8) is 0 Å². The van der Waals surface area contributed by atoms with E-state index in [1.54, 1.807) is 25.1 Å². The highest BCUT2D eigenvalue weighted by atomic mass is 35.5. The molecule has 2 N–H and O–H groups in total. The standard InChI is InChI=1S/C16H18Cl2N2O3/c1-3-6-11-12(15(21)23-4-2)14(20-16(22)19-11)9-7-5-8-10(17)13(9)18/h5,7-8,14H,3-4,6H2,1-2H3,(H2,19,20,22). The fourth-order valence-corrected chi connectivity index (χ4v) is 2.91. The smallest absolute Gasteiger partial charge is 0.338 e. The molecular weight excluding hydrogens is 339 g/mol. The van der Waals surface area contributed by atoms with Gasteiger partial charge in [-0.3, -0.25) is 0 Å². The summed E-state index contributed by atoms with van der Waals surface area (Å²) < 4.78 is 5.15. The number of carbonyl (C=O) groups excluding carboxylic acids is 2. The molecule has 1 aliphatic heterocycles. The molecule has 7 heteroatoms. The van der Waals surface area contributed by atoms with Crippen molar-refractivity contribution in [2.45, 2.75) is 32.7 Å². The van der Waals surface area contributed by atoms with Crippen LogP contribution in [-0.4, -0.2) is 18.6 Å². The van der Waals surface area contributed by atoms with Crippen LogP contribution in [0, 0.1) is 0 Å². The molecule has 23 heavy (non-hydrogen) atoms. The van der Waals surface area contributed by atoms with Crippen molar-refractivity contribution >= 4 is 35.2 Å². The second kappa shape index (κ2) is 7.70. The number of carbonyl (C=O) groups is 2. The van der Waals surface area contributed by atoms with Crippen LogP contribution < -0.4 is 10.6 Å². The van der Waals surface area contributed by atoms with Gasteiger partial charge in [-0.25, -0.2) is 9.59 Å². The molecule has 124 valence electrons. The Balaban J connectivity index is 2.57. The van der Waals surface area contributed by atoms with Crippen molar-refractivity contribution in [1.82, 2.24) is 10.6 Å². The van der Waals surface area contributed by atoms with E-state index in [-0.39, 0.29) is 12.6 Å². The molecule has 2 rings (SSSR count). The molecule has 0 spiro atoms. The Morgan fingerprint density at radius 1 is 1.30 bits per heavy atom. The number of ether oxygens (including phenoxy) is 1. The van der Waals surface area contributed by atoms with Crippen LogP contribution in [-0.2, 0) is 9.53 Å². The minimum atomic E-state index is -0.699. The molecule has 1 aromatic rings. The summed E-state index contributed by atoms with van der Waals surface area (Å²) in [6.45, 7) is 3.94. The van der Waals surface area contributed by atoms with Gasteiger partial charge in [0, 0.05) is 5.70 Å². The van der Waals surface area contributed by atoms with Crippen molar-refractivity contribution in [2.75, 3.05) is 6.61 Å². The average Bonchev–Trinajstić information content (AvgIpc) is 2.50. The van der Waals surface area contributed by atoms with Gasteiger partial charge in [0.15, 0.2) is 0 Å². The average molecular weight is 357 g/mol. The van der Waals surface area contributed by atoms with Gasteiger partial charge in [0.1, 0.15) is 0 Å². The summed E-state index contributed by atoms with van der Waals surface area (Å²) in [5.41, 5.74) is 1.47. The van der Waals surface area contributed by atoms with E-state index in [1.165, 1.54) is 0 Å². The second-order valence-corrected chi connectivity index (χ2v) is 5.82. The summed E-state index contributed by atoms with van der Waals surface area (Å²) in [7, 11) is 0. The monoisotopic (exact) mass is 356 g/mol. The van der Waals surface area contributed by atoms with Gasteiger partial charge in [-0.15, -0.1) is 0 Å². The van der Waals surface area contributed by atoms with Crippen LogP contribution in [0.1, 0.15) is 38.3 Å². The van der Waals surface area contributed by atoms with E-state index in [1.807, 2.05) is 6.92 Å². The maximum absolute atomic E-state index is 12.4. The summed E-state index contributed by atoms with van der Waals surface area (Å²) in [6.07, 6.45) is 1.32. The Labute approximate surface area is 145 Å². The van der Waals surface area contributed by atoms with Crippen molar-refractivity contribution in [1.29, 1.82) is 0 Å². The first-order chi connectivity index (χ1) is 11.0. The van der Waals surface area contributed by atoms with Crippen LogP contribution in [0.15, 0.2) is 29.5 Å². The van der Waals surface area contributed by atoms with E-state index in [9.17, 15) is 9.59 Å². The minimum Gasteiger partial charge on any atom is -0.463 e. The lowest BCUT2D eigenvalue weighted by Gasteiger charge is -2.30. The molecule has 2 amide bonds. The van der Waals surface area contributed by atoms with E-state index in [2.05, 4.69) is 10.6 Å². The Hall–Kier alpha value is -1.72. The van der Waals surface area contributed by atoms with Gasteiger partial charge in [0.05, 0.1) is 28.3 Å². The van der Waals surface area contributed by atoms with Gasteiger partial charge in [-0.05, 0) is 25.0 Å². The zero-order valence-corrected chi connectivity index (χ0v) is 14.4. The molecule has 1 aromatic carbocycles. The molecule has 5 nitrogen and oxygen atoms in total. The molecule has 1 heterocycles. The van der Waals surface area contributed by atoms with E-state index in [0.717, 1.165) is 6.42 Å². The number of hydrogen-bond donors (Lipinski definition) is 2. The lowest BCUT2D eigenvalue weighted by atomic mass is 9.94. The van der Waals surface area contributed by atoms with E-state index < -0.39 is 12.0 Å². The van der Waals surface area contributed by atoms with Gasteiger partial charge in [0.2, 0.25) is 0 Å². The normalized spacial score (nSPS) is 17.6. The minimum absolute atomic E-state index is 0.242. The van der Waals surface area contributed by atoms with E-state index in [0.29, 0.717) is 33.3 Å². The zero-order valence-electron chi connectivity index (χ0n) is 12.9. The first-order valence-electron chi connectivity index (χ1n) is 7.41. The molecule has 1 aliphatic rings. The van der Waals surface area contributed by atoms with Gasteiger partial charge in [0.25, 0.3) is 0 Å². The third-order valence-corrected chi connectivity index (χ3v) is 4.27. The molecule has 0 radical (unpaired) electrons. The highest BCUT2D eigenvalue weighted by Crippen LogP contribution is 2.36. The number of urea groups is 1. The molecule has 0 fully saturated rings. The summed E-state index contributed by atoms with van der Waals surface area (Å²) >= 11 is 12.3. The van der Waals surface area contributed by atoms with Crippen LogP contribution in [0.3, 0.4) is 0 Å². The predicted octanol–water partition coefficient (Wildman–Crippen LogP) is 3.96. The molecule has 0 aliphatic carbocycles. The third kappa shape index (κ3) is 3.79. The van der Waals surface area contributed by atoms with Crippen LogP contribution in [0.5, 0.6) is 0 Å². The number of benzene rings is 1. The maximum Gasteiger partial charge on any atom is 0.338 e. The van der Waals surface area contributed by atoms with Crippen LogP contribution in [0.25, 0.3) is 0 Å². The SMILES string of the molecule is CCCC1=C(C(=O)OCC)C(c2cccc(Cl)c2Cl)NC(=O)N1. The van der Waals surface area contributed by atoms with Gasteiger partial charge >= 0.3 is 12.0 Å². The van der Waals surface area contributed by atoms with Crippen molar-refractivity contribution in [3.05, 3.63) is 45.1 Å². The maximum atomic E-state index is 12.4. The van der Waals surface area contributed by atoms with Gasteiger partial charge in [-0.2, -0.15) is 0 Å². The molecular formula is C16H18Cl2N2O3. The van der Waals surface area contributed by atoms with Crippen molar-refractivity contribution in [3.8, 4) is 0 Å². The first-order valence-corrected chi connectivity index (χ1v) is 8.16. The number of rotatable bonds is 5.